The van der Waals surface area contributed by atoms with Gasteiger partial charge >= 0.3 is 0 Å². The molecule has 1 fully saturated rings. The van der Waals surface area contributed by atoms with Crippen LogP contribution in [0.2, 0.25) is 0 Å². The van der Waals surface area contributed by atoms with Crippen LogP contribution in [0.4, 0.5) is 5.95 Å². The Labute approximate surface area is 162 Å². The maximum Gasteiger partial charge on any atom is 0.225 e. The highest BCUT2D eigenvalue weighted by Crippen LogP contribution is 2.22. The maximum atomic E-state index is 5.44. The van der Waals surface area contributed by atoms with Crippen LogP contribution in [0.5, 0.6) is 5.75 Å². The van der Waals surface area contributed by atoms with Crippen molar-refractivity contribution >= 4 is 27.8 Å². The molecular weight excluding hydrogens is 396 g/mol. The zero-order chi connectivity index (χ0) is 18.4. The quantitative estimate of drug-likeness (QED) is 0.605. The number of ether oxygens (including phenoxy) is 1. The summed E-state index contributed by atoms with van der Waals surface area (Å²) in [5.41, 5.74) is 1.08. The van der Waals surface area contributed by atoms with Gasteiger partial charge in [-0.1, -0.05) is 15.9 Å². The number of anilines is 1. The van der Waals surface area contributed by atoms with E-state index in [-0.39, 0.29) is 0 Å². The van der Waals surface area contributed by atoms with E-state index in [0.717, 1.165) is 53.9 Å². The Bertz CT molecular complexity index is 747. The van der Waals surface area contributed by atoms with Crippen LogP contribution in [0.3, 0.4) is 0 Å². The minimum absolute atomic E-state index is 0.650. The zero-order valence-corrected chi connectivity index (χ0v) is 16.6. The number of rotatable bonds is 4. The number of hydrogen-bond donors (Lipinski definition) is 1. The molecule has 0 aliphatic carbocycles. The van der Waals surface area contributed by atoms with Crippen molar-refractivity contribution in [3.05, 3.63) is 46.7 Å². The van der Waals surface area contributed by atoms with E-state index in [1.807, 2.05) is 25.2 Å². The number of aliphatic imine (C=N–C) groups is 1. The third kappa shape index (κ3) is 4.43. The molecule has 1 aliphatic heterocycles. The van der Waals surface area contributed by atoms with Crippen molar-refractivity contribution in [2.45, 2.75) is 6.54 Å². The van der Waals surface area contributed by atoms with Crippen molar-refractivity contribution in [3.63, 3.8) is 0 Å². The minimum atomic E-state index is 0.650. The Balaban J connectivity index is 1.58. The number of nitrogens with one attached hydrogen (secondary N) is 1. The molecule has 2 heterocycles. The van der Waals surface area contributed by atoms with Crippen molar-refractivity contribution in [2.24, 2.45) is 4.99 Å². The van der Waals surface area contributed by atoms with Crippen LogP contribution >= 0.6 is 15.9 Å². The van der Waals surface area contributed by atoms with Gasteiger partial charge in [-0.25, -0.2) is 9.97 Å². The molecule has 1 aliphatic rings. The van der Waals surface area contributed by atoms with E-state index in [4.69, 9.17) is 4.74 Å². The molecule has 0 radical (unpaired) electrons. The standard InChI is InChI=1S/C18H23BrN6O/c1-20-17(23-13-14-12-15(19)4-5-16(14)26-2)24-8-10-25(11-9-24)18-21-6-3-7-22-18/h3-7,12H,8-11,13H2,1-2H3,(H,20,23). The SMILES string of the molecule is CN=C(NCc1cc(Br)ccc1OC)N1CCN(c2ncccn2)CC1. The second kappa shape index (κ2) is 8.84. The highest BCUT2D eigenvalue weighted by atomic mass is 79.9. The minimum Gasteiger partial charge on any atom is -0.496 e. The summed E-state index contributed by atoms with van der Waals surface area (Å²) >= 11 is 3.51. The predicted octanol–water partition coefficient (Wildman–Crippen LogP) is 2.15. The van der Waals surface area contributed by atoms with Gasteiger partial charge in [0.05, 0.1) is 7.11 Å². The van der Waals surface area contributed by atoms with E-state index in [0.29, 0.717) is 6.54 Å². The summed E-state index contributed by atoms with van der Waals surface area (Å²) in [6.45, 7) is 4.12. The summed E-state index contributed by atoms with van der Waals surface area (Å²) in [5.74, 6) is 2.54. The van der Waals surface area contributed by atoms with Crippen LogP contribution in [-0.2, 0) is 6.54 Å². The van der Waals surface area contributed by atoms with E-state index in [2.05, 4.69) is 52.1 Å². The van der Waals surface area contributed by atoms with Gasteiger partial charge < -0.3 is 19.9 Å². The maximum absolute atomic E-state index is 5.44. The molecule has 1 N–H and O–H groups in total. The molecule has 3 rings (SSSR count). The van der Waals surface area contributed by atoms with Gasteiger partial charge in [-0.15, -0.1) is 0 Å². The summed E-state index contributed by atoms with van der Waals surface area (Å²) in [7, 11) is 3.50. The third-order valence-corrected chi connectivity index (χ3v) is 4.80. The smallest absolute Gasteiger partial charge is 0.225 e. The molecule has 2 aromatic rings. The average molecular weight is 419 g/mol. The molecule has 0 saturated carbocycles. The molecule has 7 nitrogen and oxygen atoms in total. The van der Waals surface area contributed by atoms with Gasteiger partial charge in [0.25, 0.3) is 0 Å². The molecule has 1 saturated heterocycles. The van der Waals surface area contributed by atoms with Gasteiger partial charge in [-0.3, -0.25) is 4.99 Å². The lowest BCUT2D eigenvalue weighted by molar-refractivity contribution is 0.369. The fraction of sp³-hybridized carbons (Fsp3) is 0.389. The third-order valence-electron chi connectivity index (χ3n) is 4.31. The van der Waals surface area contributed by atoms with E-state index in [1.165, 1.54) is 0 Å². The number of halogens is 1. The van der Waals surface area contributed by atoms with Crippen LogP contribution in [0.15, 0.2) is 46.1 Å². The molecule has 0 bridgehead atoms. The van der Waals surface area contributed by atoms with Crippen molar-refractivity contribution in [1.29, 1.82) is 0 Å². The van der Waals surface area contributed by atoms with Crippen LogP contribution in [0.1, 0.15) is 5.56 Å². The second-order valence-electron chi connectivity index (χ2n) is 5.88. The lowest BCUT2D eigenvalue weighted by atomic mass is 10.2. The molecular formula is C18H23BrN6O. The zero-order valence-electron chi connectivity index (χ0n) is 15.0. The van der Waals surface area contributed by atoms with E-state index < -0.39 is 0 Å². The van der Waals surface area contributed by atoms with Crippen molar-refractivity contribution in [2.75, 3.05) is 45.2 Å². The number of methoxy groups -OCH3 is 1. The van der Waals surface area contributed by atoms with Crippen LogP contribution < -0.4 is 15.0 Å². The van der Waals surface area contributed by atoms with Crippen molar-refractivity contribution in [3.8, 4) is 5.75 Å². The number of piperazine rings is 1. The number of benzene rings is 1. The number of nitrogens with zero attached hydrogens (tertiary/aromatic N) is 5. The number of hydrogen-bond acceptors (Lipinski definition) is 5. The monoisotopic (exact) mass is 418 g/mol. The molecule has 0 atom stereocenters. The van der Waals surface area contributed by atoms with Gasteiger partial charge in [0.1, 0.15) is 5.75 Å². The molecule has 26 heavy (non-hydrogen) atoms. The summed E-state index contributed by atoms with van der Waals surface area (Å²) in [6.07, 6.45) is 3.56. The fourth-order valence-corrected chi connectivity index (χ4v) is 3.37. The first-order valence-corrected chi connectivity index (χ1v) is 9.30. The fourth-order valence-electron chi connectivity index (χ4n) is 2.96. The van der Waals surface area contributed by atoms with Gasteiger partial charge in [0, 0.05) is 62.2 Å². The Morgan fingerprint density at radius 3 is 2.62 bits per heavy atom. The number of guanidine groups is 1. The second-order valence-corrected chi connectivity index (χ2v) is 6.80. The molecule has 1 aromatic carbocycles. The first kappa shape index (κ1) is 18.4. The van der Waals surface area contributed by atoms with E-state index >= 15 is 0 Å². The molecule has 0 unspecified atom stereocenters. The molecule has 1 aromatic heterocycles. The van der Waals surface area contributed by atoms with Gasteiger partial charge in [0.2, 0.25) is 5.95 Å². The first-order valence-electron chi connectivity index (χ1n) is 8.51. The highest BCUT2D eigenvalue weighted by Gasteiger charge is 2.21. The Morgan fingerprint density at radius 1 is 1.23 bits per heavy atom. The normalized spacial score (nSPS) is 15.1. The Morgan fingerprint density at radius 2 is 1.96 bits per heavy atom. The van der Waals surface area contributed by atoms with Crippen LogP contribution in [0.25, 0.3) is 0 Å². The predicted molar refractivity (Wildman–Crippen MR) is 107 cm³/mol. The summed E-state index contributed by atoms with van der Waals surface area (Å²) < 4.78 is 6.47. The number of aromatic nitrogens is 2. The Kier molecular flexibility index (Phi) is 6.27. The summed E-state index contributed by atoms with van der Waals surface area (Å²) in [4.78, 5) is 17.5. The lowest BCUT2D eigenvalue weighted by Gasteiger charge is -2.36. The Hall–Kier alpha value is -2.35. The van der Waals surface area contributed by atoms with Gasteiger partial charge in [-0.05, 0) is 24.3 Å². The summed E-state index contributed by atoms with van der Waals surface area (Å²) in [5, 5.41) is 3.44. The van der Waals surface area contributed by atoms with Gasteiger partial charge in [0.15, 0.2) is 5.96 Å². The largest absolute Gasteiger partial charge is 0.496 e. The van der Waals surface area contributed by atoms with E-state index in [1.54, 1.807) is 19.5 Å². The van der Waals surface area contributed by atoms with Crippen molar-refractivity contribution < 1.29 is 4.74 Å². The van der Waals surface area contributed by atoms with Crippen LogP contribution in [-0.4, -0.2) is 61.2 Å². The molecule has 138 valence electrons. The van der Waals surface area contributed by atoms with Crippen molar-refractivity contribution in [1.82, 2.24) is 20.2 Å². The van der Waals surface area contributed by atoms with Crippen LogP contribution in [0, 0.1) is 0 Å². The summed E-state index contributed by atoms with van der Waals surface area (Å²) in [6, 6.07) is 7.83. The molecule has 0 spiro atoms. The van der Waals surface area contributed by atoms with Gasteiger partial charge in [-0.2, -0.15) is 0 Å². The lowest BCUT2D eigenvalue weighted by Crippen LogP contribution is -2.52. The average Bonchev–Trinajstić information content (AvgIpc) is 2.70. The highest BCUT2D eigenvalue weighted by molar-refractivity contribution is 9.10. The molecule has 0 amide bonds. The van der Waals surface area contributed by atoms with E-state index in [9.17, 15) is 0 Å². The topological polar surface area (TPSA) is 65.9 Å². The first-order chi connectivity index (χ1) is 12.7. The molecule has 8 heteroatoms.